The third kappa shape index (κ3) is 4.28. The third-order valence-electron chi connectivity index (χ3n) is 5.15. The Morgan fingerprint density at radius 2 is 1.96 bits per heavy atom. The van der Waals surface area contributed by atoms with E-state index in [2.05, 4.69) is 20.4 Å². The maximum absolute atomic E-state index is 12.6. The molecule has 1 atom stereocenters. The van der Waals surface area contributed by atoms with Crippen molar-refractivity contribution in [3.8, 4) is 0 Å². The fourth-order valence-electron chi connectivity index (χ4n) is 3.60. The number of aromatic nitrogens is 2. The molecule has 0 radical (unpaired) electrons. The molecule has 28 heavy (non-hydrogen) atoms. The molecule has 148 valence electrons. The van der Waals surface area contributed by atoms with Crippen molar-refractivity contribution in [2.24, 2.45) is 5.92 Å². The molecule has 3 heterocycles. The number of halogens is 1. The molecule has 2 aliphatic rings. The molecule has 2 amide bonds. The monoisotopic (exact) mass is 419 g/mol. The average molecular weight is 420 g/mol. The van der Waals surface area contributed by atoms with Crippen LogP contribution < -0.4 is 15.1 Å². The molecular formula is C19H22ClN5O2S. The van der Waals surface area contributed by atoms with E-state index in [-0.39, 0.29) is 17.7 Å². The zero-order valence-corrected chi connectivity index (χ0v) is 17.0. The van der Waals surface area contributed by atoms with Crippen molar-refractivity contribution in [2.75, 3.05) is 29.4 Å². The summed E-state index contributed by atoms with van der Waals surface area (Å²) in [5.41, 5.74) is 1.02. The van der Waals surface area contributed by atoms with E-state index in [0.717, 1.165) is 36.5 Å². The Labute approximate surface area is 172 Å². The second kappa shape index (κ2) is 8.45. The van der Waals surface area contributed by atoms with E-state index < -0.39 is 0 Å². The Morgan fingerprint density at radius 3 is 2.71 bits per heavy atom. The van der Waals surface area contributed by atoms with Crippen LogP contribution in [0.2, 0.25) is 5.02 Å². The lowest BCUT2D eigenvalue weighted by atomic mass is 9.97. The number of piperidine rings is 1. The molecule has 1 N–H and O–H groups in total. The topological polar surface area (TPSA) is 78.4 Å². The molecule has 0 unspecified atom stereocenters. The molecule has 9 heteroatoms. The zero-order valence-electron chi connectivity index (χ0n) is 15.4. The van der Waals surface area contributed by atoms with Crippen molar-refractivity contribution in [1.29, 1.82) is 0 Å². The Bertz CT molecular complexity index is 856. The van der Waals surface area contributed by atoms with E-state index in [1.54, 1.807) is 4.90 Å². The smallest absolute Gasteiger partial charge is 0.228 e. The van der Waals surface area contributed by atoms with Crippen LogP contribution in [0, 0.1) is 5.92 Å². The number of anilines is 2. The lowest BCUT2D eigenvalue weighted by molar-refractivity contribution is -0.125. The summed E-state index contributed by atoms with van der Waals surface area (Å²) in [4.78, 5) is 28.3. The molecule has 1 aromatic heterocycles. The van der Waals surface area contributed by atoms with Crippen LogP contribution in [0.1, 0.15) is 31.2 Å². The summed E-state index contributed by atoms with van der Waals surface area (Å²) in [5, 5.41) is 13.6. The van der Waals surface area contributed by atoms with E-state index in [0.29, 0.717) is 36.2 Å². The SMILES string of the molecule is O=C(NCc1ccc(Cl)cc1)[C@H]1CCCN(c2nnc(N3CCCC3=O)s2)C1. The highest BCUT2D eigenvalue weighted by Crippen LogP contribution is 2.32. The number of amides is 2. The zero-order chi connectivity index (χ0) is 19.5. The molecule has 2 fully saturated rings. The number of hydrogen-bond donors (Lipinski definition) is 1. The van der Waals surface area contributed by atoms with Gasteiger partial charge < -0.3 is 10.2 Å². The largest absolute Gasteiger partial charge is 0.352 e. The lowest BCUT2D eigenvalue weighted by Gasteiger charge is -2.31. The molecule has 2 saturated heterocycles. The van der Waals surface area contributed by atoms with Crippen LogP contribution in [0.15, 0.2) is 24.3 Å². The molecule has 7 nitrogen and oxygen atoms in total. The molecule has 2 aromatic rings. The van der Waals surface area contributed by atoms with E-state index in [1.807, 2.05) is 24.3 Å². The van der Waals surface area contributed by atoms with Gasteiger partial charge in [0, 0.05) is 37.6 Å². The highest BCUT2D eigenvalue weighted by molar-refractivity contribution is 7.19. The number of carbonyl (C=O) groups excluding carboxylic acids is 2. The van der Waals surface area contributed by atoms with Gasteiger partial charge in [-0.15, -0.1) is 10.2 Å². The minimum Gasteiger partial charge on any atom is -0.352 e. The van der Waals surface area contributed by atoms with Crippen molar-refractivity contribution in [3.05, 3.63) is 34.9 Å². The molecule has 0 saturated carbocycles. The number of rotatable bonds is 5. The van der Waals surface area contributed by atoms with Gasteiger partial charge in [0.1, 0.15) is 0 Å². The van der Waals surface area contributed by atoms with E-state index >= 15 is 0 Å². The maximum atomic E-state index is 12.6. The fraction of sp³-hybridized carbons (Fsp3) is 0.474. The Kier molecular flexibility index (Phi) is 5.77. The molecule has 0 aliphatic carbocycles. The van der Waals surface area contributed by atoms with Crippen LogP contribution in [0.25, 0.3) is 0 Å². The molecule has 0 spiro atoms. The van der Waals surface area contributed by atoms with Gasteiger partial charge in [0.2, 0.25) is 22.1 Å². The Hall–Kier alpha value is -2.19. The van der Waals surface area contributed by atoms with Crippen molar-refractivity contribution < 1.29 is 9.59 Å². The van der Waals surface area contributed by atoms with Crippen LogP contribution in [-0.4, -0.2) is 41.6 Å². The minimum atomic E-state index is -0.0816. The second-order valence-corrected chi connectivity index (χ2v) is 8.52. The maximum Gasteiger partial charge on any atom is 0.228 e. The summed E-state index contributed by atoms with van der Waals surface area (Å²) in [6.07, 6.45) is 3.23. The first-order chi connectivity index (χ1) is 13.6. The van der Waals surface area contributed by atoms with Gasteiger partial charge in [0.25, 0.3) is 0 Å². The summed E-state index contributed by atoms with van der Waals surface area (Å²) in [7, 11) is 0. The first kappa shape index (κ1) is 19.1. The quantitative estimate of drug-likeness (QED) is 0.806. The average Bonchev–Trinajstić information content (AvgIpc) is 3.36. The van der Waals surface area contributed by atoms with Crippen molar-refractivity contribution >= 4 is 45.0 Å². The van der Waals surface area contributed by atoms with Crippen LogP contribution in [-0.2, 0) is 16.1 Å². The summed E-state index contributed by atoms with van der Waals surface area (Å²) < 4.78 is 0. The van der Waals surface area contributed by atoms with Gasteiger partial charge in [-0.05, 0) is 37.0 Å². The van der Waals surface area contributed by atoms with Gasteiger partial charge in [0.15, 0.2) is 0 Å². The van der Waals surface area contributed by atoms with Crippen LogP contribution in [0.5, 0.6) is 0 Å². The second-order valence-electron chi connectivity index (χ2n) is 7.15. The van der Waals surface area contributed by atoms with Gasteiger partial charge in [-0.3, -0.25) is 14.5 Å². The van der Waals surface area contributed by atoms with Gasteiger partial charge in [-0.25, -0.2) is 0 Å². The highest BCUT2D eigenvalue weighted by atomic mass is 35.5. The summed E-state index contributed by atoms with van der Waals surface area (Å²) >= 11 is 7.33. The molecule has 0 bridgehead atoms. The van der Waals surface area contributed by atoms with E-state index in [4.69, 9.17) is 11.6 Å². The number of nitrogens with one attached hydrogen (secondary N) is 1. The number of carbonyl (C=O) groups is 2. The standard InChI is InChI=1S/C19H22ClN5O2S/c20-15-7-5-13(6-8-15)11-21-17(27)14-3-1-9-24(12-14)18-22-23-19(28-18)25-10-2-4-16(25)26/h5-8,14H,1-4,9-12H2,(H,21,27)/t14-/m0/s1. The fourth-order valence-corrected chi connectivity index (χ4v) is 4.65. The number of hydrogen-bond acceptors (Lipinski definition) is 6. The van der Waals surface area contributed by atoms with Crippen LogP contribution >= 0.6 is 22.9 Å². The van der Waals surface area contributed by atoms with Crippen molar-refractivity contribution in [3.63, 3.8) is 0 Å². The minimum absolute atomic E-state index is 0.0547. The number of nitrogens with zero attached hydrogens (tertiary/aromatic N) is 4. The highest BCUT2D eigenvalue weighted by Gasteiger charge is 2.29. The van der Waals surface area contributed by atoms with Crippen LogP contribution in [0.3, 0.4) is 0 Å². The van der Waals surface area contributed by atoms with Crippen molar-refractivity contribution in [1.82, 2.24) is 15.5 Å². The third-order valence-corrected chi connectivity index (χ3v) is 6.41. The van der Waals surface area contributed by atoms with Crippen LogP contribution in [0.4, 0.5) is 10.3 Å². The van der Waals surface area contributed by atoms with E-state index in [9.17, 15) is 9.59 Å². The summed E-state index contributed by atoms with van der Waals surface area (Å²) in [6.45, 7) is 2.67. The van der Waals surface area contributed by atoms with Gasteiger partial charge >= 0.3 is 0 Å². The summed E-state index contributed by atoms with van der Waals surface area (Å²) in [6, 6.07) is 7.48. The summed E-state index contributed by atoms with van der Waals surface area (Å²) in [5.74, 6) is 0.0849. The molecular weight excluding hydrogens is 398 g/mol. The normalized spacial score (nSPS) is 19.9. The first-order valence-electron chi connectivity index (χ1n) is 9.51. The molecule has 1 aromatic carbocycles. The predicted molar refractivity (Wildman–Crippen MR) is 110 cm³/mol. The van der Waals surface area contributed by atoms with E-state index in [1.165, 1.54) is 11.3 Å². The van der Waals surface area contributed by atoms with Gasteiger partial charge in [-0.1, -0.05) is 35.1 Å². The van der Waals surface area contributed by atoms with Gasteiger partial charge in [0.05, 0.1) is 5.92 Å². The molecule has 4 rings (SSSR count). The van der Waals surface area contributed by atoms with Crippen molar-refractivity contribution in [2.45, 2.75) is 32.2 Å². The number of benzene rings is 1. The predicted octanol–water partition coefficient (Wildman–Crippen LogP) is 2.85. The lowest BCUT2D eigenvalue weighted by Crippen LogP contribution is -2.43. The Balaban J connectivity index is 1.35. The first-order valence-corrected chi connectivity index (χ1v) is 10.7. The molecule has 2 aliphatic heterocycles. The van der Waals surface area contributed by atoms with Gasteiger partial charge in [-0.2, -0.15) is 0 Å². The Morgan fingerprint density at radius 1 is 1.18 bits per heavy atom.